The minimum absolute atomic E-state index is 0.101. The lowest BCUT2D eigenvalue weighted by atomic mass is 10.2. The van der Waals surface area contributed by atoms with Gasteiger partial charge in [0, 0.05) is 7.05 Å². The third kappa shape index (κ3) is 3.55. The van der Waals surface area contributed by atoms with E-state index in [0.717, 1.165) is 11.3 Å². The molecule has 1 rings (SSSR count). The van der Waals surface area contributed by atoms with Crippen LogP contribution in [-0.2, 0) is 9.63 Å². The maximum Gasteiger partial charge on any atom is 0.249 e. The fraction of sp³-hybridized carbons (Fsp3) is 0.417. The van der Waals surface area contributed by atoms with Crippen molar-refractivity contribution in [1.29, 1.82) is 0 Å². The highest BCUT2D eigenvalue weighted by molar-refractivity contribution is 5.74. The number of carbonyl (C=O) groups excluding carboxylic acids is 1. The Kier molecular flexibility index (Phi) is 4.79. The Labute approximate surface area is 95.7 Å². The van der Waals surface area contributed by atoms with Crippen LogP contribution in [0, 0.1) is 6.92 Å². The molecule has 0 radical (unpaired) electrons. The van der Waals surface area contributed by atoms with E-state index in [-0.39, 0.29) is 5.91 Å². The van der Waals surface area contributed by atoms with E-state index in [1.807, 2.05) is 31.2 Å². The number of amides is 1. The lowest BCUT2D eigenvalue weighted by Gasteiger charge is -2.14. The van der Waals surface area contributed by atoms with E-state index >= 15 is 0 Å². The van der Waals surface area contributed by atoms with Crippen LogP contribution in [0.5, 0.6) is 5.75 Å². The van der Waals surface area contributed by atoms with Gasteiger partial charge in [0.15, 0.2) is 0 Å². The predicted octanol–water partition coefficient (Wildman–Crippen LogP) is 1.78. The third-order valence-electron chi connectivity index (χ3n) is 2.29. The van der Waals surface area contributed by atoms with Crippen molar-refractivity contribution in [3.63, 3.8) is 0 Å². The lowest BCUT2D eigenvalue weighted by molar-refractivity contribution is -0.169. The number of carbonyl (C=O) groups is 1. The number of hydrogen-bond donors (Lipinski definition) is 0. The number of rotatable bonds is 5. The summed E-state index contributed by atoms with van der Waals surface area (Å²) in [6.07, 6.45) is 0.304. The van der Waals surface area contributed by atoms with Crippen molar-refractivity contribution < 1.29 is 14.4 Å². The molecule has 16 heavy (non-hydrogen) atoms. The van der Waals surface area contributed by atoms with Gasteiger partial charge in [0.1, 0.15) is 5.75 Å². The molecule has 0 atom stereocenters. The van der Waals surface area contributed by atoms with Crippen molar-refractivity contribution in [2.24, 2.45) is 0 Å². The first-order valence-corrected chi connectivity index (χ1v) is 5.14. The first kappa shape index (κ1) is 12.5. The molecule has 0 aliphatic rings. The van der Waals surface area contributed by atoms with Crippen LogP contribution in [0.4, 0.5) is 0 Å². The van der Waals surface area contributed by atoms with Gasteiger partial charge in [-0.2, -0.15) is 0 Å². The lowest BCUT2D eigenvalue weighted by Crippen LogP contribution is -2.26. The predicted molar refractivity (Wildman–Crippen MR) is 61.1 cm³/mol. The minimum Gasteiger partial charge on any atom is -0.493 e. The zero-order chi connectivity index (χ0) is 12.0. The Bertz CT molecular complexity index is 352. The average Bonchev–Trinajstić information content (AvgIpc) is 2.30. The van der Waals surface area contributed by atoms with Gasteiger partial charge in [0.05, 0.1) is 20.1 Å². The van der Waals surface area contributed by atoms with Crippen molar-refractivity contribution in [2.45, 2.75) is 13.3 Å². The van der Waals surface area contributed by atoms with Gasteiger partial charge in [-0.3, -0.25) is 9.63 Å². The summed E-state index contributed by atoms with van der Waals surface area (Å²) in [6.45, 7) is 2.33. The molecule has 1 amide bonds. The fourth-order valence-electron chi connectivity index (χ4n) is 1.23. The Hall–Kier alpha value is -1.55. The van der Waals surface area contributed by atoms with E-state index in [1.54, 1.807) is 7.05 Å². The largest absolute Gasteiger partial charge is 0.493 e. The van der Waals surface area contributed by atoms with Crippen molar-refractivity contribution in [3.05, 3.63) is 29.8 Å². The molecule has 0 bridgehead atoms. The van der Waals surface area contributed by atoms with Crippen LogP contribution in [0.2, 0.25) is 0 Å². The Balaban J connectivity index is 2.36. The smallest absolute Gasteiger partial charge is 0.249 e. The molecule has 0 fully saturated rings. The topological polar surface area (TPSA) is 38.8 Å². The van der Waals surface area contributed by atoms with E-state index in [1.165, 1.54) is 12.2 Å². The molecule has 0 saturated carbocycles. The molecular weight excluding hydrogens is 206 g/mol. The minimum atomic E-state index is -0.101. The Morgan fingerprint density at radius 1 is 1.38 bits per heavy atom. The van der Waals surface area contributed by atoms with Crippen LogP contribution in [-0.4, -0.2) is 31.7 Å². The van der Waals surface area contributed by atoms with Gasteiger partial charge in [0.25, 0.3) is 0 Å². The van der Waals surface area contributed by atoms with Gasteiger partial charge in [-0.05, 0) is 18.6 Å². The molecule has 4 heteroatoms. The number of para-hydroxylation sites is 1. The summed E-state index contributed by atoms with van der Waals surface area (Å²) in [7, 11) is 3.04. The standard InChI is InChI=1S/C12H17NO3/c1-10-6-4-5-7-11(10)16-9-8-12(14)13(2)15-3/h4-7H,8-9H2,1-3H3. The summed E-state index contributed by atoms with van der Waals surface area (Å²) in [5.41, 5.74) is 1.06. The maximum atomic E-state index is 11.4. The second kappa shape index (κ2) is 6.12. The molecular formula is C12H17NO3. The number of hydroxylamine groups is 2. The maximum absolute atomic E-state index is 11.4. The summed E-state index contributed by atoms with van der Waals surface area (Å²) in [5, 5.41) is 1.20. The SMILES string of the molecule is CON(C)C(=O)CCOc1ccccc1C. The molecule has 0 aliphatic carbocycles. The molecule has 0 aliphatic heterocycles. The van der Waals surface area contributed by atoms with Crippen LogP contribution in [0.3, 0.4) is 0 Å². The molecule has 0 spiro atoms. The third-order valence-corrected chi connectivity index (χ3v) is 2.29. The van der Waals surface area contributed by atoms with E-state index in [0.29, 0.717) is 13.0 Å². The molecule has 0 heterocycles. The normalized spacial score (nSPS) is 9.94. The van der Waals surface area contributed by atoms with Crippen LogP contribution in [0.1, 0.15) is 12.0 Å². The van der Waals surface area contributed by atoms with Crippen LogP contribution in [0.25, 0.3) is 0 Å². The first-order valence-electron chi connectivity index (χ1n) is 5.14. The van der Waals surface area contributed by atoms with E-state index in [9.17, 15) is 4.79 Å². The molecule has 0 saturated heterocycles. The molecule has 0 aromatic heterocycles. The Morgan fingerprint density at radius 3 is 2.69 bits per heavy atom. The summed E-state index contributed by atoms with van der Waals surface area (Å²) >= 11 is 0. The van der Waals surface area contributed by atoms with Gasteiger partial charge in [-0.1, -0.05) is 18.2 Å². The summed E-state index contributed by atoms with van der Waals surface area (Å²) in [4.78, 5) is 16.1. The van der Waals surface area contributed by atoms with Gasteiger partial charge in [0.2, 0.25) is 5.91 Å². The molecule has 4 nitrogen and oxygen atoms in total. The second-order valence-corrected chi connectivity index (χ2v) is 3.44. The van der Waals surface area contributed by atoms with Crippen LogP contribution in [0.15, 0.2) is 24.3 Å². The zero-order valence-electron chi connectivity index (χ0n) is 9.90. The van der Waals surface area contributed by atoms with Crippen LogP contribution < -0.4 is 4.74 Å². The van der Waals surface area contributed by atoms with E-state index in [2.05, 4.69) is 0 Å². The number of aryl methyl sites for hydroxylation is 1. The monoisotopic (exact) mass is 223 g/mol. The molecule has 1 aromatic rings. The van der Waals surface area contributed by atoms with Crippen molar-refractivity contribution in [3.8, 4) is 5.75 Å². The summed E-state index contributed by atoms with van der Waals surface area (Å²) in [6, 6.07) is 7.72. The number of hydrogen-bond acceptors (Lipinski definition) is 3. The second-order valence-electron chi connectivity index (χ2n) is 3.44. The summed E-state index contributed by atoms with van der Waals surface area (Å²) < 4.78 is 5.50. The summed E-state index contributed by atoms with van der Waals surface area (Å²) in [5.74, 6) is 0.714. The van der Waals surface area contributed by atoms with E-state index in [4.69, 9.17) is 9.57 Å². The quantitative estimate of drug-likeness (QED) is 0.714. The highest BCUT2D eigenvalue weighted by Gasteiger charge is 2.07. The van der Waals surface area contributed by atoms with Crippen molar-refractivity contribution >= 4 is 5.91 Å². The highest BCUT2D eigenvalue weighted by atomic mass is 16.7. The van der Waals surface area contributed by atoms with Gasteiger partial charge >= 0.3 is 0 Å². The van der Waals surface area contributed by atoms with Gasteiger partial charge in [-0.15, -0.1) is 0 Å². The number of nitrogens with zero attached hydrogens (tertiary/aromatic N) is 1. The number of ether oxygens (including phenoxy) is 1. The first-order chi connectivity index (χ1) is 7.65. The molecule has 88 valence electrons. The zero-order valence-corrected chi connectivity index (χ0v) is 9.90. The molecule has 0 unspecified atom stereocenters. The van der Waals surface area contributed by atoms with Crippen LogP contribution >= 0.6 is 0 Å². The van der Waals surface area contributed by atoms with Crippen molar-refractivity contribution in [2.75, 3.05) is 20.8 Å². The fourth-order valence-corrected chi connectivity index (χ4v) is 1.23. The Morgan fingerprint density at radius 2 is 2.06 bits per heavy atom. The van der Waals surface area contributed by atoms with Gasteiger partial charge in [-0.25, -0.2) is 5.06 Å². The van der Waals surface area contributed by atoms with Crippen molar-refractivity contribution in [1.82, 2.24) is 5.06 Å². The molecule has 1 aromatic carbocycles. The van der Waals surface area contributed by atoms with Gasteiger partial charge < -0.3 is 4.74 Å². The van der Waals surface area contributed by atoms with E-state index < -0.39 is 0 Å². The highest BCUT2D eigenvalue weighted by Crippen LogP contribution is 2.16. The number of benzene rings is 1. The molecule has 0 N–H and O–H groups in total. The average molecular weight is 223 g/mol.